The summed E-state index contributed by atoms with van der Waals surface area (Å²) in [5, 5.41) is 16.0. The maximum absolute atomic E-state index is 12.8. The van der Waals surface area contributed by atoms with Gasteiger partial charge in [0.25, 0.3) is 0 Å². The Bertz CT molecular complexity index is 2840. The first-order chi connectivity index (χ1) is 56.6. The molecular formula is C73H119N7O39. The van der Waals surface area contributed by atoms with Crippen molar-refractivity contribution in [3.8, 4) is 0 Å². The minimum Gasteiger partial charge on any atom is -0.463 e. The van der Waals surface area contributed by atoms with Gasteiger partial charge >= 0.3 is 53.7 Å². The van der Waals surface area contributed by atoms with Crippen LogP contribution in [0.4, 0.5) is 0 Å². The summed E-state index contributed by atoms with van der Waals surface area (Å²) >= 11 is 0. The van der Waals surface area contributed by atoms with Crippen molar-refractivity contribution in [2.75, 3.05) is 178 Å². The molecule has 3 rings (SSSR count). The molecule has 0 saturated carbocycles. The number of carbonyl (C=O) groups excluding carboxylic acids is 15. The van der Waals surface area contributed by atoms with Gasteiger partial charge in [-0.25, -0.2) is 0 Å². The molecule has 119 heavy (non-hydrogen) atoms. The van der Waals surface area contributed by atoms with Gasteiger partial charge in [0.15, 0.2) is 55.5 Å². The maximum Gasteiger partial charge on any atom is 0.303 e. The number of hydrogen-bond acceptors (Lipinski definition) is 40. The quantitative estimate of drug-likeness (QED) is 0.0171. The van der Waals surface area contributed by atoms with E-state index in [0.29, 0.717) is 0 Å². The van der Waals surface area contributed by atoms with Crippen LogP contribution in [0, 0.1) is 0 Å². The second-order valence-corrected chi connectivity index (χ2v) is 26.8. The van der Waals surface area contributed by atoms with Crippen LogP contribution >= 0.6 is 0 Å². The van der Waals surface area contributed by atoms with Gasteiger partial charge in [-0.2, -0.15) is 0 Å². The Hall–Kier alpha value is -8.59. The van der Waals surface area contributed by atoms with E-state index in [9.17, 15) is 71.9 Å². The van der Waals surface area contributed by atoms with E-state index in [4.69, 9.17) is 119 Å². The van der Waals surface area contributed by atoms with Gasteiger partial charge in [0.05, 0.1) is 144 Å². The summed E-state index contributed by atoms with van der Waals surface area (Å²) in [6.07, 6.45) is -15.3. The van der Waals surface area contributed by atoms with E-state index in [-0.39, 0.29) is 195 Å². The Morgan fingerprint density at radius 1 is 0.277 bits per heavy atom. The van der Waals surface area contributed by atoms with Crippen LogP contribution in [0.3, 0.4) is 0 Å². The van der Waals surface area contributed by atoms with Crippen LogP contribution in [0.2, 0.25) is 0 Å². The second kappa shape index (κ2) is 59.2. The van der Waals surface area contributed by atoms with E-state index in [0.717, 1.165) is 62.3 Å². The van der Waals surface area contributed by atoms with E-state index in [2.05, 4.69) is 31.9 Å². The van der Waals surface area contributed by atoms with Gasteiger partial charge in [-0.3, -0.25) is 71.9 Å². The molecule has 0 radical (unpaired) electrons. The Kier molecular flexibility index (Phi) is 52.0. The van der Waals surface area contributed by atoms with E-state index >= 15 is 0 Å². The molecule has 680 valence electrons. The van der Waals surface area contributed by atoms with Crippen LogP contribution in [0.15, 0.2) is 0 Å². The molecule has 0 spiro atoms. The zero-order valence-corrected chi connectivity index (χ0v) is 69.4. The molecule has 46 nitrogen and oxygen atoms in total. The monoisotopic (exact) mass is 1720 g/mol. The minimum atomic E-state index is -1.34. The van der Waals surface area contributed by atoms with Gasteiger partial charge in [-0.15, -0.1) is 0 Å². The Labute approximate surface area is 688 Å². The van der Waals surface area contributed by atoms with E-state index in [1.807, 2.05) is 0 Å². The maximum atomic E-state index is 12.8. The molecule has 0 aromatic rings. The van der Waals surface area contributed by atoms with Crippen LogP contribution in [0.25, 0.3) is 0 Å². The molecule has 0 bridgehead atoms. The average molecular weight is 1720 g/mol. The van der Waals surface area contributed by atoms with Crippen molar-refractivity contribution in [3.05, 3.63) is 0 Å². The third-order valence-electron chi connectivity index (χ3n) is 16.2. The molecule has 0 aromatic carbocycles. The highest BCUT2D eigenvalue weighted by atomic mass is 16.7. The van der Waals surface area contributed by atoms with E-state index in [1.165, 1.54) is 20.8 Å². The predicted octanol–water partition coefficient (Wildman–Crippen LogP) is -4.63. The molecule has 0 aromatic heterocycles. The van der Waals surface area contributed by atoms with Crippen molar-refractivity contribution in [1.82, 2.24) is 31.9 Å². The number of hydrogen-bond donors (Lipinski definition) is 7. The van der Waals surface area contributed by atoms with Crippen molar-refractivity contribution in [2.24, 2.45) is 5.73 Å². The molecule has 0 aliphatic carbocycles. The minimum absolute atomic E-state index is 0.0000758. The molecular weight excluding hydrogens is 1600 g/mol. The lowest BCUT2D eigenvalue weighted by Gasteiger charge is -2.44. The van der Waals surface area contributed by atoms with Gasteiger partial charge in [0.2, 0.25) is 35.4 Å². The number of nitrogens with one attached hydrogen (secondary N) is 6. The van der Waals surface area contributed by atoms with Crippen LogP contribution in [0.5, 0.6) is 0 Å². The van der Waals surface area contributed by atoms with Gasteiger partial charge in [-0.1, -0.05) is 0 Å². The van der Waals surface area contributed by atoms with Crippen LogP contribution < -0.4 is 37.6 Å². The average Bonchev–Trinajstić information content (AvgIpc) is 0.798. The summed E-state index contributed by atoms with van der Waals surface area (Å²) < 4.78 is 134. The molecule has 46 heteroatoms. The third-order valence-corrected chi connectivity index (χ3v) is 16.2. The topological polar surface area (TPSA) is 576 Å². The van der Waals surface area contributed by atoms with E-state index in [1.54, 1.807) is 0 Å². The van der Waals surface area contributed by atoms with Crippen molar-refractivity contribution < 1.29 is 186 Å². The number of rotatable bonds is 60. The molecule has 3 heterocycles. The standard InChI is InChI=1S/C73H119N7O39/c1-43(81)78-61-67(114-52(10)90)64(111-49(7)87)55(37-108-46(4)84)117-70(61)105-34-31-99-28-25-96-22-16-75-58(93)13-19-102-40-73(74,41-103-20-14-59(94)76-17-23-97-26-29-100-32-35-106-71-62(79-44(2)82)68(115-53(11)91)65(112-50(8)88)56(118-71)38-109-47(5)85)42-104-21-15-60(95)77-18-24-98-27-30-101-33-36-107-72-63(80-45(3)83)69(116-54(12)92)66(113-51(9)89)57(119-72)39-110-48(6)86/h55-57,61-72H,13-42,74H2,1-12H3,(H,75,93)(H,76,94)(H,77,95)(H,78,81)(H,79,82)(H,80,83). The van der Waals surface area contributed by atoms with E-state index < -0.39 is 189 Å². The first kappa shape index (κ1) is 105. The first-order valence-electron chi connectivity index (χ1n) is 38.4. The van der Waals surface area contributed by atoms with Gasteiger partial charge < -0.3 is 151 Å². The normalized spacial score (nSPS) is 23.1. The molecule has 15 unspecified atom stereocenters. The molecule has 3 aliphatic rings. The molecule has 3 fully saturated rings. The lowest BCUT2D eigenvalue weighted by Crippen LogP contribution is -2.66. The SMILES string of the molecule is CC(=O)NC1C(OCCOCCOCCNC(=O)CCOCC(N)(COCCC(=O)NCCOCCOCCOC2OC(COC(C)=O)C(OC(C)=O)C(OC(C)=O)C2NC(C)=O)COCCC(=O)NCCOCCOCCOC2OC(COC(C)=O)C(OC(C)=O)C(OC(C)=O)C2NC(C)=O)OC(COC(C)=O)C(OC(C)=O)C1OC(C)=O. The summed E-state index contributed by atoms with van der Waals surface area (Å²) in [5.41, 5.74) is 5.39. The molecule has 8 N–H and O–H groups in total. The fourth-order valence-electron chi connectivity index (χ4n) is 11.4. The summed E-state index contributed by atoms with van der Waals surface area (Å²) in [7, 11) is 0. The number of amides is 6. The Morgan fingerprint density at radius 3 is 0.714 bits per heavy atom. The van der Waals surface area contributed by atoms with Crippen LogP contribution in [-0.2, 0) is 186 Å². The van der Waals surface area contributed by atoms with Crippen molar-refractivity contribution in [3.63, 3.8) is 0 Å². The largest absolute Gasteiger partial charge is 0.463 e. The summed E-state index contributed by atoms with van der Waals surface area (Å²) in [6.45, 7) is 12.8. The number of nitrogens with two attached hydrogens (primary N) is 1. The van der Waals surface area contributed by atoms with Gasteiger partial charge in [0, 0.05) is 122 Å². The smallest absolute Gasteiger partial charge is 0.303 e. The highest BCUT2D eigenvalue weighted by molar-refractivity contribution is 5.78. The number of esters is 9. The van der Waals surface area contributed by atoms with Crippen LogP contribution in [-0.4, -0.2) is 365 Å². The predicted molar refractivity (Wildman–Crippen MR) is 397 cm³/mol. The lowest BCUT2D eigenvalue weighted by molar-refractivity contribution is -0.279. The number of carbonyl (C=O) groups is 15. The summed E-state index contributed by atoms with van der Waals surface area (Å²) in [4.78, 5) is 183. The Balaban J connectivity index is 1.46. The van der Waals surface area contributed by atoms with Gasteiger partial charge in [-0.05, 0) is 0 Å². The second-order valence-electron chi connectivity index (χ2n) is 26.8. The zero-order chi connectivity index (χ0) is 88.2. The van der Waals surface area contributed by atoms with Crippen molar-refractivity contribution in [2.45, 2.75) is 200 Å². The van der Waals surface area contributed by atoms with Gasteiger partial charge in [0.1, 0.15) is 56.3 Å². The lowest BCUT2D eigenvalue weighted by atomic mass is 9.96. The van der Waals surface area contributed by atoms with Crippen molar-refractivity contribution in [1.29, 1.82) is 0 Å². The fraction of sp³-hybridized carbons (Fsp3) is 0.795. The number of ether oxygens (including phenoxy) is 24. The molecule has 6 amide bonds. The Morgan fingerprint density at radius 2 is 0.496 bits per heavy atom. The third kappa shape index (κ3) is 46.1. The summed E-state index contributed by atoms with van der Waals surface area (Å²) in [6, 6.07) is -3.48. The summed E-state index contributed by atoms with van der Waals surface area (Å²) in [5.74, 6) is -9.32. The fourth-order valence-corrected chi connectivity index (χ4v) is 11.4. The molecule has 15 atom stereocenters. The molecule has 3 saturated heterocycles. The van der Waals surface area contributed by atoms with Crippen molar-refractivity contribution >= 4 is 89.2 Å². The van der Waals surface area contributed by atoms with Crippen LogP contribution in [0.1, 0.15) is 102 Å². The zero-order valence-electron chi connectivity index (χ0n) is 69.4. The first-order valence-corrected chi connectivity index (χ1v) is 38.4. The highest BCUT2D eigenvalue weighted by Crippen LogP contribution is 2.31. The molecule has 3 aliphatic heterocycles. The highest BCUT2D eigenvalue weighted by Gasteiger charge is 2.54.